The van der Waals surface area contributed by atoms with Crippen LogP contribution in [0.3, 0.4) is 0 Å². The number of nitrogens with one attached hydrogen (secondary N) is 3. The van der Waals surface area contributed by atoms with Crippen LogP contribution in [0.4, 0.5) is 36.3 Å². The van der Waals surface area contributed by atoms with E-state index >= 15 is 0 Å². The maximum absolute atomic E-state index is 13.2. The SMILES string of the molecule is O=C1Cc2ccc(Nc3ncc(Cl)c(NCc4ccccc4C(F)(F)F)n3)cc2N1. The Labute approximate surface area is 174 Å². The fourth-order valence-electron chi connectivity index (χ4n) is 3.10. The highest BCUT2D eigenvalue weighted by atomic mass is 35.5. The normalized spacial score (nSPS) is 13.0. The predicted molar refractivity (Wildman–Crippen MR) is 108 cm³/mol. The van der Waals surface area contributed by atoms with Crippen molar-refractivity contribution in [2.75, 3.05) is 16.0 Å². The quantitative estimate of drug-likeness (QED) is 0.527. The van der Waals surface area contributed by atoms with Crippen molar-refractivity contribution in [2.45, 2.75) is 19.1 Å². The highest BCUT2D eigenvalue weighted by Crippen LogP contribution is 2.33. The highest BCUT2D eigenvalue weighted by Gasteiger charge is 2.32. The molecule has 0 radical (unpaired) electrons. The van der Waals surface area contributed by atoms with Crippen molar-refractivity contribution in [1.82, 2.24) is 9.97 Å². The van der Waals surface area contributed by atoms with E-state index in [1.807, 2.05) is 6.07 Å². The molecule has 1 amide bonds. The Bertz CT molecular complexity index is 1120. The number of anilines is 4. The van der Waals surface area contributed by atoms with Crippen molar-refractivity contribution in [2.24, 2.45) is 0 Å². The number of carbonyl (C=O) groups is 1. The number of aromatic nitrogens is 2. The molecule has 1 aliphatic heterocycles. The van der Waals surface area contributed by atoms with Crippen LogP contribution in [0.5, 0.6) is 0 Å². The number of rotatable bonds is 5. The van der Waals surface area contributed by atoms with Gasteiger partial charge in [-0.25, -0.2) is 4.98 Å². The van der Waals surface area contributed by atoms with Crippen molar-refractivity contribution >= 4 is 40.6 Å². The van der Waals surface area contributed by atoms with E-state index in [0.717, 1.165) is 11.6 Å². The smallest absolute Gasteiger partial charge is 0.365 e. The molecule has 0 saturated carbocycles. The van der Waals surface area contributed by atoms with E-state index in [2.05, 4.69) is 25.9 Å². The van der Waals surface area contributed by atoms with Gasteiger partial charge >= 0.3 is 6.18 Å². The monoisotopic (exact) mass is 433 g/mol. The lowest BCUT2D eigenvalue weighted by Crippen LogP contribution is -2.12. The molecule has 0 atom stereocenters. The second-order valence-corrected chi connectivity index (χ2v) is 7.03. The number of amides is 1. The average molecular weight is 434 g/mol. The first-order chi connectivity index (χ1) is 14.3. The molecule has 1 aromatic heterocycles. The van der Waals surface area contributed by atoms with Crippen molar-refractivity contribution in [1.29, 1.82) is 0 Å². The van der Waals surface area contributed by atoms with Gasteiger partial charge in [0.15, 0.2) is 5.82 Å². The second-order valence-electron chi connectivity index (χ2n) is 6.62. The molecular weight excluding hydrogens is 419 g/mol. The zero-order valence-corrected chi connectivity index (χ0v) is 16.1. The summed E-state index contributed by atoms with van der Waals surface area (Å²) in [7, 11) is 0. The van der Waals surface area contributed by atoms with Gasteiger partial charge < -0.3 is 16.0 Å². The third-order valence-corrected chi connectivity index (χ3v) is 4.78. The molecule has 4 rings (SSSR count). The summed E-state index contributed by atoms with van der Waals surface area (Å²) in [6, 6.07) is 10.6. The van der Waals surface area contributed by atoms with Crippen LogP contribution in [-0.2, 0) is 23.9 Å². The maximum Gasteiger partial charge on any atom is 0.416 e. The molecule has 0 unspecified atom stereocenters. The summed E-state index contributed by atoms with van der Waals surface area (Å²) in [4.78, 5) is 19.8. The van der Waals surface area contributed by atoms with Crippen LogP contribution in [0, 0.1) is 0 Å². The number of alkyl halides is 3. The first-order valence-electron chi connectivity index (χ1n) is 8.91. The summed E-state index contributed by atoms with van der Waals surface area (Å²) in [6.07, 6.45) is -2.77. The Kier molecular flexibility index (Phi) is 5.21. The molecule has 0 spiro atoms. The first kappa shape index (κ1) is 20.0. The first-order valence-corrected chi connectivity index (χ1v) is 9.29. The van der Waals surface area contributed by atoms with E-state index in [-0.39, 0.29) is 34.8 Å². The molecule has 3 N–H and O–H groups in total. The molecule has 0 aliphatic carbocycles. The topological polar surface area (TPSA) is 78.9 Å². The third-order valence-electron chi connectivity index (χ3n) is 4.50. The lowest BCUT2D eigenvalue weighted by molar-refractivity contribution is -0.138. The molecule has 3 aromatic rings. The third kappa shape index (κ3) is 4.30. The summed E-state index contributed by atoms with van der Waals surface area (Å²) in [6.45, 7) is -0.114. The van der Waals surface area contributed by atoms with E-state index < -0.39 is 11.7 Å². The zero-order chi connectivity index (χ0) is 21.3. The van der Waals surface area contributed by atoms with E-state index in [0.29, 0.717) is 17.8 Å². The summed E-state index contributed by atoms with van der Waals surface area (Å²) in [5.41, 5.74) is 1.60. The average Bonchev–Trinajstić information content (AvgIpc) is 3.07. The van der Waals surface area contributed by atoms with Gasteiger partial charge in [-0.3, -0.25) is 4.79 Å². The predicted octanol–water partition coefficient (Wildman–Crippen LogP) is 5.00. The van der Waals surface area contributed by atoms with Gasteiger partial charge in [-0.1, -0.05) is 35.9 Å². The zero-order valence-electron chi connectivity index (χ0n) is 15.3. The molecule has 2 heterocycles. The van der Waals surface area contributed by atoms with E-state index in [9.17, 15) is 18.0 Å². The number of halogens is 4. The van der Waals surface area contributed by atoms with Crippen LogP contribution in [-0.4, -0.2) is 15.9 Å². The van der Waals surface area contributed by atoms with E-state index in [4.69, 9.17) is 11.6 Å². The molecule has 0 fully saturated rings. The summed E-state index contributed by atoms with van der Waals surface area (Å²) < 4.78 is 39.5. The van der Waals surface area contributed by atoms with Gasteiger partial charge in [0, 0.05) is 17.9 Å². The Hall–Kier alpha value is -3.33. The van der Waals surface area contributed by atoms with Gasteiger partial charge in [0.05, 0.1) is 18.2 Å². The van der Waals surface area contributed by atoms with Gasteiger partial charge in [-0.05, 0) is 29.3 Å². The van der Waals surface area contributed by atoms with Gasteiger partial charge in [0.25, 0.3) is 0 Å². The van der Waals surface area contributed by atoms with Crippen LogP contribution in [0.1, 0.15) is 16.7 Å². The molecule has 0 bridgehead atoms. The fraction of sp³-hybridized carbons (Fsp3) is 0.150. The standard InChI is InChI=1S/C20H15ClF3N5O/c21-15-10-26-19(27-13-6-5-11-7-17(30)28-16(11)8-13)29-18(15)25-9-12-3-1-2-4-14(12)20(22,23)24/h1-6,8,10H,7,9H2,(H,28,30)(H2,25,26,27,29). The molecule has 10 heteroatoms. The maximum atomic E-state index is 13.2. The molecule has 1 aliphatic rings. The van der Waals surface area contributed by atoms with Gasteiger partial charge in [0.1, 0.15) is 5.02 Å². The lowest BCUT2D eigenvalue weighted by Gasteiger charge is -2.14. The van der Waals surface area contributed by atoms with Crippen molar-refractivity contribution < 1.29 is 18.0 Å². The van der Waals surface area contributed by atoms with Crippen molar-refractivity contribution in [3.63, 3.8) is 0 Å². The Morgan fingerprint density at radius 2 is 1.97 bits per heavy atom. The van der Waals surface area contributed by atoms with Crippen LogP contribution in [0.25, 0.3) is 0 Å². The molecule has 0 saturated heterocycles. The number of fused-ring (bicyclic) bond motifs is 1. The number of hydrogen-bond donors (Lipinski definition) is 3. The number of nitrogens with zero attached hydrogens (tertiary/aromatic N) is 2. The highest BCUT2D eigenvalue weighted by molar-refractivity contribution is 6.32. The molecule has 2 aromatic carbocycles. The number of hydrogen-bond acceptors (Lipinski definition) is 5. The number of benzene rings is 2. The van der Waals surface area contributed by atoms with E-state index in [1.54, 1.807) is 12.1 Å². The lowest BCUT2D eigenvalue weighted by atomic mass is 10.1. The minimum Gasteiger partial charge on any atom is -0.365 e. The number of carbonyl (C=O) groups excluding carboxylic acids is 1. The van der Waals surface area contributed by atoms with Crippen LogP contribution in [0.15, 0.2) is 48.7 Å². The molecule has 30 heavy (non-hydrogen) atoms. The van der Waals surface area contributed by atoms with Gasteiger partial charge in [-0.2, -0.15) is 18.2 Å². The largest absolute Gasteiger partial charge is 0.416 e. The van der Waals surface area contributed by atoms with Gasteiger partial charge in [-0.15, -0.1) is 0 Å². The minimum atomic E-state index is -4.45. The van der Waals surface area contributed by atoms with Crippen molar-refractivity contribution in [3.05, 3.63) is 70.4 Å². The minimum absolute atomic E-state index is 0.0727. The summed E-state index contributed by atoms with van der Waals surface area (Å²) in [5, 5.41) is 8.76. The molecule has 154 valence electrons. The Balaban J connectivity index is 1.51. The Morgan fingerprint density at radius 3 is 2.77 bits per heavy atom. The summed E-state index contributed by atoms with van der Waals surface area (Å²) in [5.74, 6) is 0.325. The molecule has 6 nitrogen and oxygen atoms in total. The van der Waals surface area contributed by atoms with Crippen molar-refractivity contribution in [3.8, 4) is 0 Å². The van der Waals surface area contributed by atoms with E-state index in [1.165, 1.54) is 24.4 Å². The summed E-state index contributed by atoms with van der Waals surface area (Å²) >= 11 is 6.10. The fourth-order valence-corrected chi connectivity index (χ4v) is 3.26. The van der Waals surface area contributed by atoms with Crippen LogP contribution >= 0.6 is 11.6 Å². The Morgan fingerprint density at radius 1 is 1.17 bits per heavy atom. The van der Waals surface area contributed by atoms with Crippen LogP contribution < -0.4 is 16.0 Å². The van der Waals surface area contributed by atoms with Gasteiger partial charge in [0.2, 0.25) is 11.9 Å². The second kappa shape index (κ2) is 7.83. The molecular formula is C20H15ClF3N5O. The van der Waals surface area contributed by atoms with Crippen LogP contribution in [0.2, 0.25) is 5.02 Å².